The monoisotopic (exact) mass is 198 g/mol. The Hall–Kier alpha value is -0.0800. The van der Waals surface area contributed by atoms with Gasteiger partial charge >= 0.3 is 0 Å². The van der Waals surface area contributed by atoms with E-state index in [-0.39, 0.29) is 0 Å². The lowest BCUT2D eigenvalue weighted by atomic mass is 9.79. The topological polar surface area (TPSA) is 29.5 Å². The molecular weight excluding hydrogens is 176 g/mol. The number of aliphatic hydroxyl groups excluding tert-OH is 1. The average Bonchev–Trinajstić information content (AvgIpc) is 2.82. The molecule has 0 aliphatic heterocycles. The fourth-order valence-corrected chi connectivity index (χ4v) is 3.16. The third kappa shape index (κ3) is 2.12. The van der Waals surface area contributed by atoms with E-state index < -0.39 is 0 Å². The first-order chi connectivity index (χ1) is 6.79. The quantitative estimate of drug-likeness (QED) is 0.663. The SMILES string of the molecule is COCCCCC1(CO)CC2CC2C1. The Kier molecular flexibility index (Phi) is 3.13. The molecule has 82 valence electrons. The third-order valence-corrected chi connectivity index (χ3v) is 4.10. The van der Waals surface area contributed by atoms with Gasteiger partial charge in [0.15, 0.2) is 0 Å². The number of rotatable bonds is 6. The van der Waals surface area contributed by atoms with E-state index in [1.807, 2.05) is 0 Å². The molecule has 2 rings (SSSR count). The van der Waals surface area contributed by atoms with Gasteiger partial charge in [-0.15, -0.1) is 0 Å². The predicted molar refractivity (Wildman–Crippen MR) is 56.1 cm³/mol. The molecule has 2 atom stereocenters. The molecule has 0 bridgehead atoms. The van der Waals surface area contributed by atoms with Crippen LogP contribution in [0.25, 0.3) is 0 Å². The summed E-state index contributed by atoms with van der Waals surface area (Å²) in [5, 5.41) is 9.48. The van der Waals surface area contributed by atoms with Gasteiger partial charge in [-0.25, -0.2) is 0 Å². The average molecular weight is 198 g/mol. The van der Waals surface area contributed by atoms with Gasteiger partial charge in [0.25, 0.3) is 0 Å². The summed E-state index contributed by atoms with van der Waals surface area (Å²) in [7, 11) is 1.76. The maximum Gasteiger partial charge on any atom is 0.0487 e. The lowest BCUT2D eigenvalue weighted by Crippen LogP contribution is -2.23. The number of hydrogen-bond acceptors (Lipinski definition) is 2. The van der Waals surface area contributed by atoms with E-state index in [2.05, 4.69) is 0 Å². The Morgan fingerprint density at radius 2 is 2.00 bits per heavy atom. The zero-order chi connectivity index (χ0) is 10.0. The van der Waals surface area contributed by atoms with E-state index in [1.54, 1.807) is 7.11 Å². The Morgan fingerprint density at radius 1 is 1.29 bits per heavy atom. The standard InChI is InChI=1S/C12H22O2/c1-14-5-3-2-4-12(9-13)7-10-6-11(10)8-12/h10-11,13H,2-9H2,1H3. The molecule has 0 radical (unpaired) electrons. The molecule has 2 aliphatic carbocycles. The first-order valence-electron chi connectivity index (χ1n) is 5.89. The minimum Gasteiger partial charge on any atom is -0.396 e. The molecule has 0 aromatic carbocycles. The molecule has 0 spiro atoms. The highest BCUT2D eigenvalue weighted by molar-refractivity contribution is 5.02. The fraction of sp³-hybridized carbons (Fsp3) is 1.00. The summed E-state index contributed by atoms with van der Waals surface area (Å²) < 4.78 is 5.04. The Bertz CT molecular complexity index is 181. The van der Waals surface area contributed by atoms with Crippen molar-refractivity contribution in [3.8, 4) is 0 Å². The van der Waals surface area contributed by atoms with E-state index in [0.29, 0.717) is 12.0 Å². The lowest BCUT2D eigenvalue weighted by Gasteiger charge is -2.28. The summed E-state index contributed by atoms with van der Waals surface area (Å²) >= 11 is 0. The molecule has 0 aromatic heterocycles. The van der Waals surface area contributed by atoms with Crippen molar-refractivity contribution in [3.05, 3.63) is 0 Å². The summed E-state index contributed by atoms with van der Waals surface area (Å²) in [5.74, 6) is 1.95. The second kappa shape index (κ2) is 4.19. The van der Waals surface area contributed by atoms with Crippen LogP contribution in [0.2, 0.25) is 0 Å². The van der Waals surface area contributed by atoms with E-state index >= 15 is 0 Å². The first kappa shape index (κ1) is 10.4. The van der Waals surface area contributed by atoms with Crippen LogP contribution in [0, 0.1) is 17.3 Å². The third-order valence-electron chi connectivity index (χ3n) is 4.10. The predicted octanol–water partition coefficient (Wildman–Crippen LogP) is 2.21. The molecule has 2 saturated carbocycles. The van der Waals surface area contributed by atoms with Crippen LogP contribution in [-0.4, -0.2) is 25.4 Å². The van der Waals surface area contributed by atoms with E-state index in [0.717, 1.165) is 24.9 Å². The molecule has 2 fully saturated rings. The molecule has 2 unspecified atom stereocenters. The molecule has 2 nitrogen and oxygen atoms in total. The number of aliphatic hydroxyl groups is 1. The van der Waals surface area contributed by atoms with Crippen molar-refractivity contribution in [1.29, 1.82) is 0 Å². The second-order valence-electron chi connectivity index (χ2n) is 5.27. The molecule has 1 N–H and O–H groups in total. The van der Waals surface area contributed by atoms with Crippen LogP contribution in [0.1, 0.15) is 38.5 Å². The van der Waals surface area contributed by atoms with Gasteiger partial charge in [0, 0.05) is 20.3 Å². The van der Waals surface area contributed by atoms with Crippen molar-refractivity contribution in [2.45, 2.75) is 38.5 Å². The van der Waals surface area contributed by atoms with Crippen molar-refractivity contribution >= 4 is 0 Å². The maximum absolute atomic E-state index is 9.48. The van der Waals surface area contributed by atoms with Gasteiger partial charge in [0.1, 0.15) is 0 Å². The fourth-order valence-electron chi connectivity index (χ4n) is 3.16. The van der Waals surface area contributed by atoms with Crippen molar-refractivity contribution in [2.75, 3.05) is 20.3 Å². The van der Waals surface area contributed by atoms with Gasteiger partial charge in [-0.2, -0.15) is 0 Å². The highest BCUT2D eigenvalue weighted by Crippen LogP contribution is 2.61. The number of hydrogen-bond donors (Lipinski definition) is 1. The van der Waals surface area contributed by atoms with Gasteiger partial charge in [-0.05, 0) is 49.4 Å². The van der Waals surface area contributed by atoms with Crippen LogP contribution in [0.5, 0.6) is 0 Å². The summed E-state index contributed by atoms with van der Waals surface area (Å²) in [4.78, 5) is 0. The Labute approximate surface area is 86.6 Å². The van der Waals surface area contributed by atoms with E-state index in [9.17, 15) is 5.11 Å². The highest BCUT2D eigenvalue weighted by Gasteiger charge is 2.52. The minimum atomic E-state index is 0.307. The summed E-state index contributed by atoms with van der Waals surface area (Å²) in [5.41, 5.74) is 0.307. The van der Waals surface area contributed by atoms with Crippen LogP contribution in [0.15, 0.2) is 0 Å². The van der Waals surface area contributed by atoms with E-state index in [1.165, 1.54) is 32.1 Å². The highest BCUT2D eigenvalue weighted by atomic mass is 16.5. The molecule has 0 heterocycles. The molecule has 0 aromatic rings. The maximum atomic E-state index is 9.48. The number of unbranched alkanes of at least 4 members (excludes halogenated alkanes) is 1. The van der Waals surface area contributed by atoms with Gasteiger partial charge in [-0.1, -0.05) is 6.42 Å². The van der Waals surface area contributed by atoms with Gasteiger partial charge in [-0.3, -0.25) is 0 Å². The van der Waals surface area contributed by atoms with Crippen molar-refractivity contribution < 1.29 is 9.84 Å². The smallest absolute Gasteiger partial charge is 0.0487 e. The number of ether oxygens (including phenoxy) is 1. The Morgan fingerprint density at radius 3 is 2.57 bits per heavy atom. The minimum absolute atomic E-state index is 0.307. The molecule has 0 saturated heterocycles. The largest absolute Gasteiger partial charge is 0.396 e. The number of fused-ring (bicyclic) bond motifs is 1. The van der Waals surface area contributed by atoms with Crippen molar-refractivity contribution in [3.63, 3.8) is 0 Å². The van der Waals surface area contributed by atoms with Crippen LogP contribution < -0.4 is 0 Å². The Balaban J connectivity index is 1.70. The van der Waals surface area contributed by atoms with Gasteiger partial charge in [0.2, 0.25) is 0 Å². The summed E-state index contributed by atoms with van der Waals surface area (Å²) in [6.45, 7) is 1.28. The molecule has 14 heavy (non-hydrogen) atoms. The molecule has 0 amide bonds. The van der Waals surface area contributed by atoms with Crippen LogP contribution in [0.3, 0.4) is 0 Å². The zero-order valence-corrected chi connectivity index (χ0v) is 9.17. The first-order valence-corrected chi connectivity index (χ1v) is 5.89. The van der Waals surface area contributed by atoms with Gasteiger partial charge in [0.05, 0.1) is 0 Å². The molecule has 2 aliphatic rings. The van der Waals surface area contributed by atoms with Crippen molar-refractivity contribution in [1.82, 2.24) is 0 Å². The normalized spacial score (nSPS) is 39.9. The summed E-state index contributed by atoms with van der Waals surface area (Å²) in [6, 6.07) is 0. The molecular formula is C12H22O2. The molecule has 2 heteroatoms. The lowest BCUT2D eigenvalue weighted by molar-refractivity contribution is 0.100. The van der Waals surface area contributed by atoms with Crippen molar-refractivity contribution in [2.24, 2.45) is 17.3 Å². The van der Waals surface area contributed by atoms with E-state index in [4.69, 9.17) is 4.74 Å². The zero-order valence-electron chi connectivity index (χ0n) is 9.17. The van der Waals surface area contributed by atoms with Crippen LogP contribution in [-0.2, 0) is 4.74 Å². The number of methoxy groups -OCH3 is 1. The van der Waals surface area contributed by atoms with Crippen LogP contribution >= 0.6 is 0 Å². The van der Waals surface area contributed by atoms with Crippen LogP contribution in [0.4, 0.5) is 0 Å². The summed E-state index contributed by atoms with van der Waals surface area (Å²) in [6.07, 6.45) is 7.60. The second-order valence-corrected chi connectivity index (χ2v) is 5.27. The van der Waals surface area contributed by atoms with Gasteiger partial charge < -0.3 is 9.84 Å².